The first-order chi connectivity index (χ1) is 15.0. The van der Waals surface area contributed by atoms with E-state index in [1.54, 1.807) is 24.2 Å². The van der Waals surface area contributed by atoms with Gasteiger partial charge < -0.3 is 9.64 Å². The number of rotatable bonds is 9. The topological polar surface area (TPSA) is 45.7 Å². The highest BCUT2D eigenvalue weighted by atomic mass is 35.5. The Labute approximate surface area is 192 Å². The summed E-state index contributed by atoms with van der Waals surface area (Å²) in [5.74, 6) is 0.591. The van der Waals surface area contributed by atoms with E-state index in [1.807, 2.05) is 43.3 Å². The van der Waals surface area contributed by atoms with E-state index in [4.69, 9.17) is 21.3 Å². The van der Waals surface area contributed by atoms with E-state index in [2.05, 4.69) is 18.7 Å². The molecule has 0 N–H and O–H groups in total. The lowest BCUT2D eigenvalue weighted by Crippen LogP contribution is -2.38. The minimum Gasteiger partial charge on any atom is -0.494 e. The van der Waals surface area contributed by atoms with Crippen LogP contribution < -0.4 is 9.64 Å². The minimum atomic E-state index is -0.122. The van der Waals surface area contributed by atoms with Crippen molar-refractivity contribution in [2.45, 2.75) is 20.8 Å². The molecule has 0 aliphatic heterocycles. The molecule has 0 unspecified atom stereocenters. The number of halogens is 1. The zero-order chi connectivity index (χ0) is 22.4. The highest BCUT2D eigenvalue weighted by molar-refractivity contribution is 7.22. The summed E-state index contributed by atoms with van der Waals surface area (Å²) < 4.78 is 6.52. The van der Waals surface area contributed by atoms with Crippen LogP contribution in [0.5, 0.6) is 5.75 Å². The third kappa shape index (κ3) is 5.45. The second-order valence-corrected chi connectivity index (χ2v) is 8.52. The standard InChI is InChI=1S/C24H28ClN3O2S/c1-5-27(6-2)15-16-28(21(29)14-12-18-9-7-8-10-19(18)25)24-26-22-20(30-4)13-11-17(3)23(22)31-24/h7-14H,5-6,15-16H2,1-4H3/b14-12+. The maximum absolute atomic E-state index is 13.2. The van der Waals surface area contributed by atoms with Gasteiger partial charge in [-0.3, -0.25) is 9.69 Å². The van der Waals surface area contributed by atoms with Gasteiger partial charge in [0.25, 0.3) is 5.91 Å². The van der Waals surface area contributed by atoms with E-state index < -0.39 is 0 Å². The highest BCUT2D eigenvalue weighted by Gasteiger charge is 2.21. The molecule has 2 aromatic carbocycles. The molecule has 0 atom stereocenters. The van der Waals surface area contributed by atoms with Gasteiger partial charge in [-0.2, -0.15) is 0 Å². The molecule has 0 spiro atoms. The molecule has 5 nitrogen and oxygen atoms in total. The first-order valence-corrected chi connectivity index (χ1v) is 11.6. The van der Waals surface area contributed by atoms with Gasteiger partial charge in [-0.15, -0.1) is 0 Å². The molecule has 1 amide bonds. The number of anilines is 1. The Balaban J connectivity index is 1.96. The number of likely N-dealkylation sites (N-methyl/N-ethyl adjacent to an activating group) is 1. The molecule has 0 fully saturated rings. The van der Waals surface area contributed by atoms with Crippen LogP contribution in [0.3, 0.4) is 0 Å². The SMILES string of the molecule is CCN(CC)CCN(C(=O)/C=C/c1ccccc1Cl)c1nc2c(OC)ccc(C)c2s1. The van der Waals surface area contributed by atoms with E-state index in [0.29, 0.717) is 22.4 Å². The molecule has 3 aromatic rings. The molecule has 0 bridgehead atoms. The molecule has 1 aromatic heterocycles. The van der Waals surface area contributed by atoms with Crippen molar-refractivity contribution in [2.24, 2.45) is 0 Å². The lowest BCUT2D eigenvalue weighted by atomic mass is 10.2. The van der Waals surface area contributed by atoms with Crippen LogP contribution in [0.25, 0.3) is 16.3 Å². The van der Waals surface area contributed by atoms with Crippen molar-refractivity contribution in [3.8, 4) is 5.75 Å². The van der Waals surface area contributed by atoms with Crippen molar-refractivity contribution in [1.82, 2.24) is 9.88 Å². The van der Waals surface area contributed by atoms with E-state index in [9.17, 15) is 4.79 Å². The normalized spacial score (nSPS) is 11.5. The Morgan fingerprint density at radius 3 is 2.58 bits per heavy atom. The Morgan fingerprint density at radius 2 is 1.90 bits per heavy atom. The van der Waals surface area contributed by atoms with Crippen molar-refractivity contribution in [1.29, 1.82) is 0 Å². The number of benzene rings is 2. The number of hydrogen-bond acceptors (Lipinski definition) is 5. The van der Waals surface area contributed by atoms with Crippen LogP contribution in [0.2, 0.25) is 5.02 Å². The van der Waals surface area contributed by atoms with Gasteiger partial charge in [0.05, 0.1) is 11.8 Å². The summed E-state index contributed by atoms with van der Waals surface area (Å²) in [6, 6.07) is 11.4. The molecular formula is C24H28ClN3O2S. The largest absolute Gasteiger partial charge is 0.494 e. The van der Waals surface area contributed by atoms with Gasteiger partial charge in [0.15, 0.2) is 5.13 Å². The number of aromatic nitrogens is 1. The maximum Gasteiger partial charge on any atom is 0.252 e. The number of carbonyl (C=O) groups excluding carboxylic acids is 1. The second-order valence-electron chi connectivity index (χ2n) is 7.13. The molecule has 164 valence electrons. The van der Waals surface area contributed by atoms with Crippen molar-refractivity contribution >= 4 is 50.3 Å². The summed E-state index contributed by atoms with van der Waals surface area (Å²) in [5, 5.41) is 1.28. The summed E-state index contributed by atoms with van der Waals surface area (Å²) in [6.45, 7) is 9.47. The number of nitrogens with zero attached hydrogens (tertiary/aromatic N) is 3. The smallest absolute Gasteiger partial charge is 0.252 e. The molecule has 0 saturated heterocycles. The molecule has 1 heterocycles. The first kappa shape index (κ1) is 23.3. The van der Waals surface area contributed by atoms with Crippen LogP contribution in [0.4, 0.5) is 5.13 Å². The van der Waals surface area contributed by atoms with Gasteiger partial charge in [-0.25, -0.2) is 4.98 Å². The molecule has 7 heteroatoms. The van der Waals surface area contributed by atoms with E-state index >= 15 is 0 Å². The molecule has 31 heavy (non-hydrogen) atoms. The van der Waals surface area contributed by atoms with Crippen molar-refractivity contribution in [2.75, 3.05) is 38.2 Å². The number of ether oxygens (including phenoxy) is 1. The van der Waals surface area contributed by atoms with Crippen LogP contribution in [0.1, 0.15) is 25.0 Å². The van der Waals surface area contributed by atoms with Gasteiger partial charge in [0, 0.05) is 24.2 Å². The molecule has 0 aliphatic rings. The molecule has 0 radical (unpaired) electrons. The molecular weight excluding hydrogens is 430 g/mol. The second kappa shape index (κ2) is 10.8. The van der Waals surface area contributed by atoms with Crippen LogP contribution in [0.15, 0.2) is 42.5 Å². The summed E-state index contributed by atoms with van der Waals surface area (Å²) in [6.07, 6.45) is 3.33. The Hall–Kier alpha value is -2.41. The summed E-state index contributed by atoms with van der Waals surface area (Å²) in [4.78, 5) is 22.1. The summed E-state index contributed by atoms with van der Waals surface area (Å²) in [5.41, 5.74) is 2.71. The van der Waals surface area contributed by atoms with Crippen molar-refractivity contribution < 1.29 is 9.53 Å². The number of carbonyl (C=O) groups is 1. The number of thiazole rings is 1. The summed E-state index contributed by atoms with van der Waals surface area (Å²) in [7, 11) is 1.64. The molecule has 3 rings (SSSR count). The first-order valence-electron chi connectivity index (χ1n) is 10.4. The van der Waals surface area contributed by atoms with Gasteiger partial charge in [0.1, 0.15) is 11.3 Å². The van der Waals surface area contributed by atoms with Crippen LogP contribution in [0, 0.1) is 6.92 Å². The number of aryl methyl sites for hydroxylation is 1. The fraction of sp³-hybridized carbons (Fsp3) is 0.333. The monoisotopic (exact) mass is 457 g/mol. The van der Waals surface area contributed by atoms with Gasteiger partial charge in [0.2, 0.25) is 0 Å². The predicted molar refractivity (Wildman–Crippen MR) is 132 cm³/mol. The quantitative estimate of drug-likeness (QED) is 0.389. The van der Waals surface area contributed by atoms with E-state index in [1.165, 1.54) is 11.3 Å². The van der Waals surface area contributed by atoms with Gasteiger partial charge in [-0.1, -0.05) is 61.1 Å². The number of hydrogen-bond donors (Lipinski definition) is 0. The Kier molecular flexibility index (Phi) is 8.07. The van der Waals surface area contributed by atoms with E-state index in [-0.39, 0.29) is 5.91 Å². The minimum absolute atomic E-state index is 0.122. The number of amides is 1. The fourth-order valence-electron chi connectivity index (χ4n) is 3.32. The number of fused-ring (bicyclic) bond motifs is 1. The zero-order valence-corrected chi connectivity index (χ0v) is 20.0. The van der Waals surface area contributed by atoms with Gasteiger partial charge >= 0.3 is 0 Å². The number of methoxy groups -OCH3 is 1. The third-order valence-corrected chi connectivity index (χ3v) is 6.81. The highest BCUT2D eigenvalue weighted by Crippen LogP contribution is 2.36. The fourth-order valence-corrected chi connectivity index (χ4v) is 4.60. The van der Waals surface area contributed by atoms with Crippen molar-refractivity contribution in [3.05, 3.63) is 58.6 Å². The van der Waals surface area contributed by atoms with Crippen molar-refractivity contribution in [3.63, 3.8) is 0 Å². The van der Waals surface area contributed by atoms with Crippen LogP contribution >= 0.6 is 22.9 Å². The summed E-state index contributed by atoms with van der Waals surface area (Å²) >= 11 is 7.76. The van der Waals surface area contributed by atoms with E-state index in [0.717, 1.165) is 41.0 Å². The Morgan fingerprint density at radius 1 is 1.16 bits per heavy atom. The average Bonchev–Trinajstić information content (AvgIpc) is 3.22. The predicted octanol–water partition coefficient (Wildman–Crippen LogP) is 5.65. The maximum atomic E-state index is 13.2. The average molecular weight is 458 g/mol. The molecule has 0 aliphatic carbocycles. The molecule has 0 saturated carbocycles. The Bertz CT molecular complexity index is 1080. The van der Waals surface area contributed by atoms with Gasteiger partial charge in [-0.05, 0) is 49.3 Å². The third-order valence-electron chi connectivity index (χ3n) is 5.25. The lowest BCUT2D eigenvalue weighted by molar-refractivity contribution is -0.114. The lowest BCUT2D eigenvalue weighted by Gasteiger charge is -2.23. The van der Waals surface area contributed by atoms with Crippen LogP contribution in [-0.4, -0.2) is 49.1 Å². The van der Waals surface area contributed by atoms with Crippen LogP contribution in [-0.2, 0) is 4.79 Å². The zero-order valence-electron chi connectivity index (χ0n) is 18.4.